The summed E-state index contributed by atoms with van der Waals surface area (Å²) in [6.45, 7) is -0.596. The first-order chi connectivity index (χ1) is 10.8. The van der Waals surface area contributed by atoms with Gasteiger partial charge in [-0.05, 0) is 0 Å². The molecule has 126 valence electrons. The molecule has 1 fully saturated rings. The molecule has 13 heteroatoms. The fourth-order valence-corrected chi connectivity index (χ4v) is 2.79. The van der Waals surface area contributed by atoms with Gasteiger partial charge in [-0.2, -0.15) is 0 Å². The van der Waals surface area contributed by atoms with E-state index < -0.39 is 39.0 Å². The van der Waals surface area contributed by atoms with Crippen molar-refractivity contribution in [1.29, 1.82) is 0 Å². The van der Waals surface area contributed by atoms with Crippen LogP contribution in [-0.2, 0) is 13.8 Å². The first-order valence-corrected chi connectivity index (χ1v) is 8.23. The van der Waals surface area contributed by atoms with Crippen molar-refractivity contribution in [3.05, 3.63) is 17.8 Å². The number of fused-ring (bicyclic) bond motifs is 1. The zero-order chi connectivity index (χ0) is 16.8. The molecule has 0 aromatic carbocycles. The molecular weight excluding hydrogens is 355 g/mol. The third-order valence-electron chi connectivity index (χ3n) is 3.33. The van der Waals surface area contributed by atoms with Crippen molar-refractivity contribution in [2.75, 3.05) is 6.61 Å². The summed E-state index contributed by atoms with van der Waals surface area (Å²) in [4.78, 5) is 29.2. The van der Waals surface area contributed by atoms with E-state index in [0.717, 1.165) is 0 Å². The quantitative estimate of drug-likeness (QED) is 0.398. The van der Waals surface area contributed by atoms with E-state index in [4.69, 9.17) is 26.1 Å². The van der Waals surface area contributed by atoms with Gasteiger partial charge in [-0.25, -0.2) is 19.5 Å². The van der Waals surface area contributed by atoms with E-state index in [0.29, 0.717) is 0 Å². The predicted octanol–water partition coefficient (Wildman–Crippen LogP) is -0.792. The second-order valence-electron chi connectivity index (χ2n) is 4.82. The lowest BCUT2D eigenvalue weighted by Crippen LogP contribution is -2.33. The number of halogens is 1. The second-order valence-corrected chi connectivity index (χ2v) is 6.42. The molecule has 2 aromatic heterocycles. The van der Waals surface area contributed by atoms with E-state index in [-0.39, 0.29) is 16.3 Å². The van der Waals surface area contributed by atoms with Crippen molar-refractivity contribution < 1.29 is 33.8 Å². The van der Waals surface area contributed by atoms with Gasteiger partial charge in [0.25, 0.3) is 0 Å². The monoisotopic (exact) mass is 366 g/mol. The van der Waals surface area contributed by atoms with Gasteiger partial charge in [-0.15, -0.1) is 0 Å². The summed E-state index contributed by atoms with van der Waals surface area (Å²) in [6, 6.07) is 0. The Morgan fingerprint density at radius 1 is 1.30 bits per heavy atom. The van der Waals surface area contributed by atoms with E-state index in [1.165, 1.54) is 17.2 Å². The van der Waals surface area contributed by atoms with Gasteiger partial charge >= 0.3 is 7.82 Å². The average molecular weight is 367 g/mol. The van der Waals surface area contributed by atoms with Gasteiger partial charge < -0.3 is 24.7 Å². The van der Waals surface area contributed by atoms with Crippen LogP contribution >= 0.6 is 19.4 Å². The molecular formula is C10H12ClN4O7P. The molecule has 1 aliphatic heterocycles. The lowest BCUT2D eigenvalue weighted by molar-refractivity contribution is -0.0504. The number of hydrogen-bond donors (Lipinski definition) is 4. The number of aliphatic hydroxyl groups excluding tert-OH is 2. The minimum Gasteiger partial charge on any atom is -0.387 e. The molecule has 1 saturated heterocycles. The molecule has 1 aliphatic rings. The van der Waals surface area contributed by atoms with E-state index in [9.17, 15) is 14.8 Å². The zero-order valence-corrected chi connectivity index (χ0v) is 12.9. The number of rotatable bonds is 4. The molecule has 0 spiro atoms. The summed E-state index contributed by atoms with van der Waals surface area (Å²) in [5.41, 5.74) is 0.562. The number of phosphoric acid groups is 1. The fraction of sp³-hybridized carbons (Fsp3) is 0.500. The van der Waals surface area contributed by atoms with Gasteiger partial charge in [-0.1, -0.05) is 11.6 Å². The number of aromatic nitrogens is 4. The second kappa shape index (κ2) is 6.04. The number of nitrogens with zero attached hydrogens (tertiary/aromatic N) is 4. The van der Waals surface area contributed by atoms with Gasteiger partial charge in [0.2, 0.25) is 0 Å². The molecule has 2 aromatic rings. The Bertz CT molecular complexity index is 767. The van der Waals surface area contributed by atoms with E-state index >= 15 is 0 Å². The number of phosphoric ester groups is 1. The molecule has 0 amide bonds. The first kappa shape index (κ1) is 16.7. The third-order valence-corrected chi connectivity index (χ3v) is 4.09. The molecule has 0 bridgehead atoms. The van der Waals surface area contributed by atoms with Crippen LogP contribution < -0.4 is 0 Å². The Balaban J connectivity index is 1.85. The summed E-state index contributed by atoms with van der Waals surface area (Å²) in [5, 5.41) is 20.2. The van der Waals surface area contributed by atoms with Gasteiger partial charge in [-0.3, -0.25) is 9.09 Å². The molecule has 11 nitrogen and oxygen atoms in total. The van der Waals surface area contributed by atoms with Crippen molar-refractivity contribution in [2.24, 2.45) is 0 Å². The van der Waals surface area contributed by atoms with Crippen molar-refractivity contribution in [2.45, 2.75) is 24.5 Å². The molecule has 4 atom stereocenters. The van der Waals surface area contributed by atoms with Crippen LogP contribution in [0.4, 0.5) is 0 Å². The highest BCUT2D eigenvalue weighted by Gasteiger charge is 2.45. The smallest absolute Gasteiger partial charge is 0.387 e. The average Bonchev–Trinajstić information content (AvgIpc) is 3.01. The minimum atomic E-state index is -4.72. The highest BCUT2D eigenvalue weighted by Crippen LogP contribution is 2.38. The number of ether oxygens (including phenoxy) is 1. The maximum Gasteiger partial charge on any atom is 0.469 e. The first-order valence-electron chi connectivity index (χ1n) is 6.32. The third kappa shape index (κ3) is 3.23. The van der Waals surface area contributed by atoms with Crippen LogP contribution in [0.2, 0.25) is 5.15 Å². The maximum absolute atomic E-state index is 10.7. The predicted molar refractivity (Wildman–Crippen MR) is 74.3 cm³/mol. The SMILES string of the molecule is O=P(O)(O)OC[C@H]1O[C@@H](n2cnc3c(Cl)ncnc32)C(O)C1O. The Labute approximate surface area is 133 Å². The molecule has 0 radical (unpaired) electrons. The van der Waals surface area contributed by atoms with Gasteiger partial charge in [0, 0.05) is 0 Å². The fourth-order valence-electron chi connectivity index (χ4n) is 2.28. The topological polar surface area (TPSA) is 160 Å². The van der Waals surface area contributed by atoms with Gasteiger partial charge in [0.1, 0.15) is 30.2 Å². The van der Waals surface area contributed by atoms with Crippen molar-refractivity contribution in [3.63, 3.8) is 0 Å². The van der Waals surface area contributed by atoms with Crippen molar-refractivity contribution in [3.8, 4) is 0 Å². The highest BCUT2D eigenvalue weighted by atomic mass is 35.5. The highest BCUT2D eigenvalue weighted by molar-refractivity contribution is 7.46. The Hall–Kier alpha value is -1.17. The number of hydrogen-bond acceptors (Lipinski definition) is 8. The van der Waals surface area contributed by atoms with Crippen LogP contribution in [0.3, 0.4) is 0 Å². The Kier molecular flexibility index (Phi) is 4.38. The molecule has 4 N–H and O–H groups in total. The molecule has 0 saturated carbocycles. The Morgan fingerprint density at radius 2 is 2.04 bits per heavy atom. The van der Waals surface area contributed by atoms with Crippen LogP contribution in [0.25, 0.3) is 11.2 Å². The van der Waals surface area contributed by atoms with Crippen molar-refractivity contribution in [1.82, 2.24) is 19.5 Å². The van der Waals surface area contributed by atoms with Crippen molar-refractivity contribution >= 4 is 30.6 Å². The number of aliphatic hydroxyl groups is 2. The standard InChI is InChI=1S/C10H12ClN4O7P/c11-8-5-9(13-2-12-8)15(3-14-5)10-7(17)6(16)4(22-10)1-21-23(18,19)20/h2-4,6-7,10,16-17H,1H2,(H2,18,19,20)/t4-,6?,7?,10-/m1/s1. The largest absolute Gasteiger partial charge is 0.469 e. The number of imidazole rings is 1. The van der Waals surface area contributed by atoms with Gasteiger partial charge in [0.15, 0.2) is 17.0 Å². The summed E-state index contributed by atoms with van der Waals surface area (Å²) in [5.74, 6) is 0. The molecule has 2 unspecified atom stereocenters. The van der Waals surface area contributed by atoms with E-state index in [2.05, 4.69) is 19.5 Å². The van der Waals surface area contributed by atoms with E-state index in [1.54, 1.807) is 0 Å². The molecule has 0 aliphatic carbocycles. The summed E-state index contributed by atoms with van der Waals surface area (Å²) >= 11 is 5.88. The van der Waals surface area contributed by atoms with Crippen LogP contribution in [-0.4, -0.2) is 64.4 Å². The van der Waals surface area contributed by atoms with Crippen LogP contribution in [0.5, 0.6) is 0 Å². The molecule has 3 heterocycles. The normalized spacial score (nSPS) is 28.6. The zero-order valence-electron chi connectivity index (χ0n) is 11.3. The van der Waals surface area contributed by atoms with Gasteiger partial charge in [0.05, 0.1) is 12.9 Å². The molecule has 23 heavy (non-hydrogen) atoms. The van der Waals surface area contributed by atoms with Crippen LogP contribution in [0.15, 0.2) is 12.7 Å². The summed E-state index contributed by atoms with van der Waals surface area (Å²) < 4.78 is 21.8. The lowest BCUT2D eigenvalue weighted by atomic mass is 10.1. The lowest BCUT2D eigenvalue weighted by Gasteiger charge is -2.16. The summed E-state index contributed by atoms with van der Waals surface area (Å²) in [6.07, 6.45) is -2.51. The minimum absolute atomic E-state index is 0.114. The summed E-state index contributed by atoms with van der Waals surface area (Å²) in [7, 11) is -4.72. The molecule has 3 rings (SSSR count). The maximum atomic E-state index is 10.7. The van der Waals surface area contributed by atoms with Crippen LogP contribution in [0, 0.1) is 0 Å². The Morgan fingerprint density at radius 3 is 2.74 bits per heavy atom. The van der Waals surface area contributed by atoms with E-state index in [1.807, 2.05) is 0 Å². The van der Waals surface area contributed by atoms with Crippen LogP contribution in [0.1, 0.15) is 6.23 Å².